The maximum Gasteiger partial charge on any atom is 0.273 e. The van der Waals surface area contributed by atoms with Gasteiger partial charge in [-0.05, 0) is 47.9 Å². The van der Waals surface area contributed by atoms with Crippen LogP contribution in [0.3, 0.4) is 0 Å². The number of thiazole rings is 1. The van der Waals surface area contributed by atoms with E-state index in [-0.39, 0.29) is 5.91 Å². The van der Waals surface area contributed by atoms with E-state index in [1.54, 1.807) is 37.6 Å². The Morgan fingerprint density at radius 1 is 0.953 bits per heavy atom. The van der Waals surface area contributed by atoms with E-state index < -0.39 is 0 Å². The van der Waals surface area contributed by atoms with Crippen molar-refractivity contribution in [2.24, 2.45) is 0 Å². The maximum absolute atomic E-state index is 13.1. The van der Waals surface area contributed by atoms with Crippen LogP contribution in [0.5, 0.6) is 11.5 Å². The molecule has 0 aliphatic carbocycles. The number of nitrogens with zero attached hydrogens (tertiary/aromatic N) is 5. The number of ether oxygens (including phenoxy) is 2. The van der Waals surface area contributed by atoms with Crippen LogP contribution in [0.4, 0.5) is 0 Å². The molecule has 0 spiro atoms. The zero-order chi connectivity index (χ0) is 30.3. The number of carbonyl (C=O) groups is 1. The predicted molar refractivity (Wildman–Crippen MR) is 173 cm³/mol. The van der Waals surface area contributed by atoms with Gasteiger partial charge in [-0.15, -0.1) is 21.5 Å². The summed E-state index contributed by atoms with van der Waals surface area (Å²) < 4.78 is 12.7. The number of thioether (sulfide) groups is 1. The van der Waals surface area contributed by atoms with Crippen LogP contribution in [0, 0.1) is 0 Å². The van der Waals surface area contributed by atoms with Crippen molar-refractivity contribution in [3.63, 3.8) is 0 Å². The monoisotopic (exact) mass is 653 g/mol. The molecule has 222 valence electrons. The number of amides is 1. The van der Waals surface area contributed by atoms with Crippen LogP contribution in [0.2, 0.25) is 10.0 Å². The molecule has 0 bridgehead atoms. The summed E-state index contributed by atoms with van der Waals surface area (Å²) in [6, 6.07) is 21.3. The third kappa shape index (κ3) is 7.51. The van der Waals surface area contributed by atoms with Crippen molar-refractivity contribution in [3.8, 4) is 17.2 Å². The number of hydrogen-bond donors (Lipinski definition) is 0. The molecule has 43 heavy (non-hydrogen) atoms. The standard InChI is InChI=1S/C31H29Cl2N5O3S2/c1-37(14-13-21-9-12-26(40-2)27(15-21)41-3)30(39)25-18-42-29(34-25)19-43-31-36-35-28(16-20-7-5-4-6-8-20)38(31)22-10-11-23(32)24(33)17-22/h4-12,15,17-18H,13-14,16,19H2,1-3H3. The fourth-order valence-electron chi connectivity index (χ4n) is 4.40. The van der Waals surface area contributed by atoms with Crippen LogP contribution in [-0.2, 0) is 18.6 Å². The number of methoxy groups -OCH3 is 2. The van der Waals surface area contributed by atoms with Crippen LogP contribution in [-0.4, -0.2) is 58.4 Å². The summed E-state index contributed by atoms with van der Waals surface area (Å²) in [5.74, 6) is 2.51. The van der Waals surface area contributed by atoms with E-state index >= 15 is 0 Å². The Balaban J connectivity index is 1.26. The molecule has 0 aliphatic rings. The molecule has 8 nitrogen and oxygen atoms in total. The summed E-state index contributed by atoms with van der Waals surface area (Å²) in [6.45, 7) is 0.535. The molecular weight excluding hydrogens is 625 g/mol. The molecule has 0 N–H and O–H groups in total. The van der Waals surface area contributed by atoms with E-state index in [1.807, 2.05) is 53.1 Å². The molecule has 1 amide bonds. The molecule has 0 radical (unpaired) electrons. The molecule has 3 aromatic carbocycles. The number of aromatic nitrogens is 4. The van der Waals surface area contributed by atoms with Gasteiger partial charge in [-0.3, -0.25) is 9.36 Å². The highest BCUT2D eigenvalue weighted by molar-refractivity contribution is 7.98. The molecule has 0 atom stereocenters. The lowest BCUT2D eigenvalue weighted by Crippen LogP contribution is -2.29. The van der Waals surface area contributed by atoms with Crippen LogP contribution >= 0.6 is 46.3 Å². The summed E-state index contributed by atoms with van der Waals surface area (Å²) in [7, 11) is 5.00. The van der Waals surface area contributed by atoms with Gasteiger partial charge in [-0.1, -0.05) is 71.4 Å². The smallest absolute Gasteiger partial charge is 0.273 e. The minimum atomic E-state index is -0.128. The van der Waals surface area contributed by atoms with E-state index in [9.17, 15) is 4.79 Å². The second-order valence-corrected chi connectivity index (χ2v) is 12.3. The van der Waals surface area contributed by atoms with Crippen molar-refractivity contribution < 1.29 is 14.3 Å². The number of rotatable bonds is 12. The number of halogens is 2. The first-order chi connectivity index (χ1) is 20.9. The number of hydrogen-bond acceptors (Lipinski definition) is 8. The van der Waals surface area contributed by atoms with Crippen molar-refractivity contribution in [1.82, 2.24) is 24.6 Å². The number of benzene rings is 3. The van der Waals surface area contributed by atoms with Gasteiger partial charge in [0.15, 0.2) is 16.7 Å². The average Bonchev–Trinajstić information content (AvgIpc) is 3.67. The minimum Gasteiger partial charge on any atom is -0.493 e. The van der Waals surface area contributed by atoms with Crippen LogP contribution < -0.4 is 9.47 Å². The van der Waals surface area contributed by atoms with E-state index in [0.717, 1.165) is 27.6 Å². The van der Waals surface area contributed by atoms with Gasteiger partial charge in [0.2, 0.25) is 0 Å². The maximum atomic E-state index is 13.1. The summed E-state index contributed by atoms with van der Waals surface area (Å²) >= 11 is 15.5. The summed E-state index contributed by atoms with van der Waals surface area (Å²) in [5.41, 5.74) is 3.40. The van der Waals surface area contributed by atoms with Crippen molar-refractivity contribution in [1.29, 1.82) is 0 Å². The Bertz CT molecular complexity index is 1710. The normalized spacial score (nSPS) is 11.0. The quantitative estimate of drug-likeness (QED) is 0.131. The zero-order valence-corrected chi connectivity index (χ0v) is 26.9. The Morgan fingerprint density at radius 2 is 1.74 bits per heavy atom. The molecule has 0 saturated heterocycles. The second-order valence-electron chi connectivity index (χ2n) is 9.58. The van der Waals surface area contributed by atoms with Crippen LogP contribution in [0.25, 0.3) is 5.69 Å². The third-order valence-electron chi connectivity index (χ3n) is 6.69. The van der Waals surface area contributed by atoms with Gasteiger partial charge in [-0.25, -0.2) is 4.98 Å². The minimum absolute atomic E-state index is 0.128. The fraction of sp³-hybridized carbons (Fsp3) is 0.226. The molecule has 12 heteroatoms. The summed E-state index contributed by atoms with van der Waals surface area (Å²) in [5, 5.41) is 13.2. The molecule has 5 aromatic rings. The van der Waals surface area contributed by atoms with Crippen molar-refractivity contribution in [2.75, 3.05) is 27.8 Å². The molecule has 0 aliphatic heterocycles. The SMILES string of the molecule is COc1ccc(CCN(C)C(=O)c2csc(CSc3nnc(Cc4ccccc4)n3-c3ccc(Cl)c(Cl)c3)n2)cc1OC. The Kier molecular flexibility index (Phi) is 10.2. The molecule has 0 saturated carbocycles. The van der Waals surface area contributed by atoms with Crippen molar-refractivity contribution in [2.45, 2.75) is 23.8 Å². The predicted octanol–water partition coefficient (Wildman–Crippen LogP) is 7.25. The average molecular weight is 655 g/mol. The molecule has 2 aromatic heterocycles. The third-order valence-corrected chi connectivity index (χ3v) is 9.40. The highest BCUT2D eigenvalue weighted by Gasteiger charge is 2.19. The van der Waals surface area contributed by atoms with E-state index in [2.05, 4.69) is 27.3 Å². The molecular formula is C31H29Cl2N5O3S2. The molecule has 0 unspecified atom stereocenters. The van der Waals surface area contributed by atoms with Gasteiger partial charge in [0.25, 0.3) is 5.91 Å². The van der Waals surface area contributed by atoms with Gasteiger partial charge >= 0.3 is 0 Å². The Morgan fingerprint density at radius 3 is 2.49 bits per heavy atom. The first kappa shape index (κ1) is 30.9. The zero-order valence-electron chi connectivity index (χ0n) is 23.8. The summed E-state index contributed by atoms with van der Waals surface area (Å²) in [6.07, 6.45) is 1.27. The molecule has 5 rings (SSSR count). The van der Waals surface area contributed by atoms with Crippen molar-refractivity contribution in [3.05, 3.63) is 110 Å². The first-order valence-electron chi connectivity index (χ1n) is 13.3. The first-order valence-corrected chi connectivity index (χ1v) is 16.0. The highest BCUT2D eigenvalue weighted by Crippen LogP contribution is 2.31. The van der Waals surface area contributed by atoms with Gasteiger partial charge in [0.1, 0.15) is 16.5 Å². The Hall–Kier alpha value is -3.57. The molecule has 0 fully saturated rings. The largest absolute Gasteiger partial charge is 0.493 e. The molecule has 2 heterocycles. The topological polar surface area (TPSA) is 82.4 Å². The second kappa shape index (κ2) is 14.3. The highest BCUT2D eigenvalue weighted by atomic mass is 35.5. The van der Waals surface area contributed by atoms with Gasteiger partial charge < -0.3 is 14.4 Å². The van der Waals surface area contributed by atoms with Crippen molar-refractivity contribution >= 4 is 52.2 Å². The number of carbonyl (C=O) groups excluding carboxylic acids is 1. The lowest BCUT2D eigenvalue weighted by atomic mass is 10.1. The lowest BCUT2D eigenvalue weighted by molar-refractivity contribution is 0.0791. The lowest BCUT2D eigenvalue weighted by Gasteiger charge is -2.16. The van der Waals surface area contributed by atoms with Crippen LogP contribution in [0.1, 0.15) is 32.4 Å². The number of likely N-dealkylation sites (N-methyl/N-ethyl adjacent to an activating group) is 1. The van der Waals surface area contributed by atoms with Gasteiger partial charge in [0.05, 0.1) is 35.7 Å². The van der Waals surface area contributed by atoms with Gasteiger partial charge in [0, 0.05) is 25.4 Å². The summed E-state index contributed by atoms with van der Waals surface area (Å²) in [4.78, 5) is 19.4. The van der Waals surface area contributed by atoms with Crippen LogP contribution in [0.15, 0.2) is 77.3 Å². The Labute approximate surface area is 268 Å². The van der Waals surface area contributed by atoms with Gasteiger partial charge in [-0.2, -0.15) is 0 Å². The van der Waals surface area contributed by atoms with E-state index in [4.69, 9.17) is 32.7 Å². The van der Waals surface area contributed by atoms with E-state index in [1.165, 1.54) is 23.1 Å². The fourth-order valence-corrected chi connectivity index (χ4v) is 6.45. The van der Waals surface area contributed by atoms with E-state index in [0.29, 0.717) is 57.5 Å².